The van der Waals surface area contributed by atoms with E-state index in [4.69, 9.17) is 5.73 Å². The third-order valence-electron chi connectivity index (χ3n) is 2.13. The molecule has 0 saturated heterocycles. The first-order valence-electron chi connectivity index (χ1n) is 4.02. The molecule has 1 aromatic rings. The average Bonchev–Trinajstić information content (AvgIpc) is 2.85. The highest BCUT2D eigenvalue weighted by Gasteiger charge is 2.43. The van der Waals surface area contributed by atoms with Gasteiger partial charge in [-0.15, -0.1) is 0 Å². The van der Waals surface area contributed by atoms with Crippen LogP contribution in [-0.2, 0) is 5.54 Å². The zero-order valence-corrected chi connectivity index (χ0v) is 6.87. The molecule has 1 saturated carbocycles. The maximum Gasteiger partial charge on any atom is 0.280 e. The third kappa shape index (κ3) is 1.51. The first-order chi connectivity index (χ1) is 6.12. The largest absolute Gasteiger partial charge is 0.319 e. The Bertz CT molecular complexity index is 323. The van der Waals surface area contributed by atoms with Gasteiger partial charge < -0.3 is 5.73 Å². The minimum Gasteiger partial charge on any atom is -0.319 e. The standard InChI is InChI=1S/C8H9F2N3/c9-6(10)5-1-4-12-7(13-5)8(11)2-3-8/h1,4,6H,2-3,11H2. The minimum atomic E-state index is -2.55. The molecular weight excluding hydrogens is 176 g/mol. The Morgan fingerprint density at radius 2 is 2.15 bits per heavy atom. The molecule has 5 heteroatoms. The van der Waals surface area contributed by atoms with Crippen molar-refractivity contribution in [3.8, 4) is 0 Å². The maximum absolute atomic E-state index is 12.2. The van der Waals surface area contributed by atoms with Crippen molar-refractivity contribution in [2.45, 2.75) is 24.8 Å². The van der Waals surface area contributed by atoms with Crippen molar-refractivity contribution in [3.63, 3.8) is 0 Å². The van der Waals surface area contributed by atoms with Crippen molar-refractivity contribution in [2.24, 2.45) is 5.73 Å². The summed E-state index contributed by atoms with van der Waals surface area (Å²) in [6.45, 7) is 0. The van der Waals surface area contributed by atoms with Gasteiger partial charge >= 0.3 is 0 Å². The summed E-state index contributed by atoms with van der Waals surface area (Å²) in [4.78, 5) is 7.61. The number of nitrogens with zero attached hydrogens (tertiary/aromatic N) is 2. The van der Waals surface area contributed by atoms with Crippen molar-refractivity contribution in [3.05, 3.63) is 23.8 Å². The molecule has 2 rings (SSSR count). The smallest absolute Gasteiger partial charge is 0.280 e. The van der Waals surface area contributed by atoms with Crippen molar-refractivity contribution >= 4 is 0 Å². The van der Waals surface area contributed by atoms with Crippen LogP contribution in [0.15, 0.2) is 12.3 Å². The highest BCUT2D eigenvalue weighted by molar-refractivity contribution is 5.17. The summed E-state index contributed by atoms with van der Waals surface area (Å²) in [5, 5.41) is 0. The number of nitrogens with two attached hydrogens (primary N) is 1. The predicted octanol–water partition coefficient (Wildman–Crippen LogP) is 1.36. The molecule has 0 aliphatic heterocycles. The molecule has 1 fully saturated rings. The molecule has 1 aromatic heterocycles. The molecule has 0 bridgehead atoms. The molecule has 13 heavy (non-hydrogen) atoms. The molecular formula is C8H9F2N3. The lowest BCUT2D eigenvalue weighted by molar-refractivity contribution is 0.145. The Labute approximate surface area is 74.0 Å². The summed E-state index contributed by atoms with van der Waals surface area (Å²) in [7, 11) is 0. The molecule has 70 valence electrons. The van der Waals surface area contributed by atoms with Crippen LogP contribution in [-0.4, -0.2) is 9.97 Å². The first-order valence-corrected chi connectivity index (χ1v) is 4.02. The first kappa shape index (κ1) is 8.50. The average molecular weight is 185 g/mol. The van der Waals surface area contributed by atoms with Gasteiger partial charge in [0.15, 0.2) is 0 Å². The molecule has 0 amide bonds. The monoisotopic (exact) mass is 185 g/mol. The van der Waals surface area contributed by atoms with Crippen molar-refractivity contribution in [2.75, 3.05) is 0 Å². The molecule has 1 heterocycles. The fourth-order valence-electron chi connectivity index (χ4n) is 1.09. The van der Waals surface area contributed by atoms with Crippen LogP contribution in [0.5, 0.6) is 0 Å². The summed E-state index contributed by atoms with van der Waals surface area (Å²) < 4.78 is 24.4. The van der Waals surface area contributed by atoms with Crippen LogP contribution in [0.1, 0.15) is 30.8 Å². The van der Waals surface area contributed by atoms with Crippen molar-refractivity contribution in [1.82, 2.24) is 9.97 Å². The fourth-order valence-corrected chi connectivity index (χ4v) is 1.09. The van der Waals surface area contributed by atoms with Crippen LogP contribution < -0.4 is 5.73 Å². The number of alkyl halides is 2. The summed E-state index contributed by atoms with van der Waals surface area (Å²) in [6.07, 6.45) is 0.333. The molecule has 0 spiro atoms. The van der Waals surface area contributed by atoms with Gasteiger partial charge in [-0.2, -0.15) is 0 Å². The van der Waals surface area contributed by atoms with E-state index >= 15 is 0 Å². The molecule has 1 aliphatic rings. The SMILES string of the molecule is NC1(c2nccc(C(F)F)n2)CC1. The van der Waals surface area contributed by atoms with Crippen LogP contribution in [0.25, 0.3) is 0 Å². The molecule has 0 aromatic carbocycles. The van der Waals surface area contributed by atoms with E-state index in [0.717, 1.165) is 12.8 Å². The lowest BCUT2D eigenvalue weighted by Crippen LogP contribution is -2.22. The highest BCUT2D eigenvalue weighted by Crippen LogP contribution is 2.40. The summed E-state index contributed by atoms with van der Waals surface area (Å²) in [5.41, 5.74) is 4.98. The summed E-state index contributed by atoms with van der Waals surface area (Å²) in [6, 6.07) is 1.21. The Hall–Kier alpha value is -1.10. The fraction of sp³-hybridized carbons (Fsp3) is 0.500. The van der Waals surface area contributed by atoms with Crippen LogP contribution >= 0.6 is 0 Å². The Balaban J connectivity index is 2.33. The van der Waals surface area contributed by atoms with E-state index in [1.165, 1.54) is 12.3 Å². The van der Waals surface area contributed by atoms with E-state index in [2.05, 4.69) is 9.97 Å². The molecule has 0 unspecified atom stereocenters. The predicted molar refractivity (Wildman–Crippen MR) is 42.1 cm³/mol. The zero-order chi connectivity index (χ0) is 9.47. The second-order valence-corrected chi connectivity index (χ2v) is 3.26. The van der Waals surface area contributed by atoms with Gasteiger partial charge in [-0.05, 0) is 18.9 Å². The van der Waals surface area contributed by atoms with Gasteiger partial charge in [-0.3, -0.25) is 0 Å². The number of hydrogen-bond donors (Lipinski definition) is 1. The van der Waals surface area contributed by atoms with E-state index in [9.17, 15) is 8.78 Å². The molecule has 3 nitrogen and oxygen atoms in total. The van der Waals surface area contributed by atoms with Gasteiger partial charge in [-0.1, -0.05) is 0 Å². The van der Waals surface area contributed by atoms with Crippen LogP contribution in [0, 0.1) is 0 Å². The van der Waals surface area contributed by atoms with Crippen LogP contribution in [0.2, 0.25) is 0 Å². The van der Waals surface area contributed by atoms with Crippen molar-refractivity contribution < 1.29 is 8.78 Å². The van der Waals surface area contributed by atoms with Gasteiger partial charge in [-0.25, -0.2) is 18.7 Å². The number of aromatic nitrogens is 2. The molecule has 0 atom stereocenters. The molecule has 2 N–H and O–H groups in total. The Morgan fingerprint density at radius 1 is 1.46 bits per heavy atom. The zero-order valence-electron chi connectivity index (χ0n) is 6.87. The topological polar surface area (TPSA) is 51.8 Å². The quantitative estimate of drug-likeness (QED) is 0.756. The van der Waals surface area contributed by atoms with Gasteiger partial charge in [0.25, 0.3) is 6.43 Å². The van der Waals surface area contributed by atoms with E-state index in [-0.39, 0.29) is 5.69 Å². The van der Waals surface area contributed by atoms with Gasteiger partial charge in [0.2, 0.25) is 0 Å². The molecule has 0 radical (unpaired) electrons. The van der Waals surface area contributed by atoms with Gasteiger partial charge in [0.1, 0.15) is 11.5 Å². The number of rotatable bonds is 2. The normalized spacial score (nSPS) is 19.1. The van der Waals surface area contributed by atoms with E-state index in [1.807, 2.05) is 0 Å². The summed E-state index contributed by atoms with van der Waals surface area (Å²) >= 11 is 0. The third-order valence-corrected chi connectivity index (χ3v) is 2.13. The van der Waals surface area contributed by atoms with E-state index in [0.29, 0.717) is 5.82 Å². The van der Waals surface area contributed by atoms with Gasteiger partial charge in [0, 0.05) is 6.20 Å². The lowest BCUT2D eigenvalue weighted by Gasteiger charge is -2.07. The van der Waals surface area contributed by atoms with Crippen LogP contribution in [0.3, 0.4) is 0 Å². The second kappa shape index (κ2) is 2.70. The van der Waals surface area contributed by atoms with Crippen LogP contribution in [0.4, 0.5) is 8.78 Å². The lowest BCUT2D eigenvalue weighted by atomic mass is 10.2. The number of halogens is 2. The van der Waals surface area contributed by atoms with E-state index in [1.54, 1.807) is 0 Å². The highest BCUT2D eigenvalue weighted by atomic mass is 19.3. The minimum absolute atomic E-state index is 0.248. The maximum atomic E-state index is 12.2. The summed E-state index contributed by atoms with van der Waals surface area (Å²) in [5.74, 6) is 0.338. The Kier molecular flexibility index (Phi) is 1.76. The van der Waals surface area contributed by atoms with Gasteiger partial charge in [0.05, 0.1) is 5.54 Å². The second-order valence-electron chi connectivity index (χ2n) is 3.26. The Morgan fingerprint density at radius 3 is 2.69 bits per heavy atom. The number of hydrogen-bond acceptors (Lipinski definition) is 3. The molecule has 1 aliphatic carbocycles. The van der Waals surface area contributed by atoms with Crippen molar-refractivity contribution in [1.29, 1.82) is 0 Å². The van der Waals surface area contributed by atoms with E-state index < -0.39 is 12.0 Å².